The Morgan fingerprint density at radius 3 is 1.42 bits per heavy atom. The van der Waals surface area contributed by atoms with Gasteiger partial charge in [0.15, 0.2) is 5.58 Å². The van der Waals surface area contributed by atoms with E-state index in [1.807, 2.05) is 38.1 Å². The Kier molecular flexibility index (Phi) is 13.9. The molecule has 5 heterocycles. The fourth-order valence-electron chi connectivity index (χ4n) is 12.5. The van der Waals surface area contributed by atoms with E-state index in [4.69, 9.17) is 28.5 Å². The van der Waals surface area contributed by atoms with Crippen molar-refractivity contribution in [3.05, 3.63) is 222 Å². The average Bonchev–Trinajstić information content (AvgIpc) is 1.71. The minimum atomic E-state index is 0. The molecule has 0 fully saturated rings. The third-order valence-electron chi connectivity index (χ3n) is 16.4. The van der Waals surface area contributed by atoms with Crippen LogP contribution in [0, 0.1) is 26.0 Å². The minimum Gasteiger partial charge on any atom is -0.501 e. The van der Waals surface area contributed by atoms with Gasteiger partial charge < -0.3 is 22.7 Å². The number of aromatic nitrogens is 5. The van der Waals surface area contributed by atoms with Gasteiger partial charge >= 0.3 is 21.1 Å². The summed E-state index contributed by atoms with van der Waals surface area (Å²) in [6, 6.07) is 69.5. The Labute approximate surface area is 504 Å². The number of aryl methyl sites for hydroxylation is 2. The fraction of sp³-hybridized carbons (Fsp3) is 0.187. The van der Waals surface area contributed by atoms with Crippen LogP contribution in [0.4, 0.5) is 0 Å². The Hall–Kier alpha value is -8.84. The number of imidazole rings is 2. The van der Waals surface area contributed by atoms with Gasteiger partial charge in [-0.15, -0.1) is 23.8 Å². The first kappa shape index (κ1) is 54.4. The molecule has 9 heteroatoms. The number of nitrogens with zero attached hydrogens (tertiary/aromatic N) is 5. The molecule has 0 spiro atoms. The molecule has 0 aliphatic carbocycles. The Morgan fingerprint density at radius 2 is 0.893 bits per heavy atom. The Morgan fingerprint density at radius 1 is 0.429 bits per heavy atom. The zero-order valence-corrected chi connectivity index (χ0v) is 51.1. The van der Waals surface area contributed by atoms with Crippen molar-refractivity contribution in [2.45, 2.75) is 92.9 Å². The monoisotopic (exact) mass is 1280 g/mol. The number of benzene rings is 9. The fourth-order valence-corrected chi connectivity index (χ4v) is 12.5. The molecule has 14 aromatic rings. The van der Waals surface area contributed by atoms with Crippen LogP contribution in [-0.2, 0) is 21.1 Å². The maximum Gasteiger partial charge on any atom is 2.00 e. The summed E-state index contributed by atoms with van der Waals surface area (Å²) in [4.78, 5) is 15.8. The number of pyridine rings is 1. The smallest absolute Gasteiger partial charge is 0.501 e. The van der Waals surface area contributed by atoms with E-state index in [2.05, 4.69) is 228 Å². The number of para-hydroxylation sites is 4. The molecule has 0 atom stereocenters. The normalized spacial score (nSPS) is 12.0. The van der Waals surface area contributed by atoms with Gasteiger partial charge in [0.1, 0.15) is 11.2 Å². The molecular weight excluding hydrogens is 1210 g/mol. The van der Waals surface area contributed by atoms with E-state index in [1.165, 1.54) is 44.5 Å². The molecule has 0 N–H and O–H groups in total. The first-order valence-electron chi connectivity index (χ1n) is 29.0. The van der Waals surface area contributed by atoms with Gasteiger partial charge in [-0.3, -0.25) is 15.0 Å². The molecular formula is C75H63N5O3Pt. The van der Waals surface area contributed by atoms with Crippen molar-refractivity contribution in [2.24, 2.45) is 0 Å². The topological polar surface area (TPSA) is 84.0 Å². The van der Waals surface area contributed by atoms with E-state index in [1.54, 1.807) is 0 Å². The molecule has 84 heavy (non-hydrogen) atoms. The van der Waals surface area contributed by atoms with Gasteiger partial charge in [-0.1, -0.05) is 169 Å². The second kappa shape index (κ2) is 21.4. The van der Waals surface area contributed by atoms with Crippen molar-refractivity contribution < 1.29 is 34.6 Å². The van der Waals surface area contributed by atoms with Gasteiger partial charge in [-0.05, 0) is 149 Å². The SMILES string of the molecule is Cc1cc2c(oc3ccc4oc5c(-c6nc7ccccc7n6-c6c(C(C)C)cc(-c7ccccc7)cc6C(C)C)[c-]c(Oc6[c-]c(-c7nc8ccccc8n7-c7c(C(C)C)cc(-c8ccccc8)cc7C(C)C)ccc6)cc5c4c32)c(C)n1.[Pt+2]. The second-order valence-corrected chi connectivity index (χ2v) is 23.4. The number of hydrogen-bond acceptors (Lipinski definition) is 6. The van der Waals surface area contributed by atoms with Crippen molar-refractivity contribution in [2.75, 3.05) is 0 Å². The molecule has 8 nitrogen and oxygen atoms in total. The second-order valence-electron chi connectivity index (χ2n) is 23.4. The quantitative estimate of drug-likeness (QED) is 0.113. The molecule has 9 aromatic carbocycles. The number of ether oxygens (including phenoxy) is 1. The largest absolute Gasteiger partial charge is 2.00 e. The third kappa shape index (κ3) is 9.14. The van der Waals surface area contributed by atoms with Crippen LogP contribution in [0.2, 0.25) is 0 Å². The van der Waals surface area contributed by atoms with E-state index in [9.17, 15) is 0 Å². The molecule has 0 aliphatic heterocycles. The van der Waals surface area contributed by atoms with E-state index in [-0.39, 0.29) is 44.7 Å². The molecule has 5 aromatic heterocycles. The van der Waals surface area contributed by atoms with E-state index >= 15 is 0 Å². The maximum atomic E-state index is 7.20. The van der Waals surface area contributed by atoms with Crippen LogP contribution >= 0.6 is 0 Å². The average molecular weight is 1280 g/mol. The third-order valence-corrected chi connectivity index (χ3v) is 16.4. The van der Waals surface area contributed by atoms with Crippen LogP contribution in [0.15, 0.2) is 185 Å². The summed E-state index contributed by atoms with van der Waals surface area (Å²) in [6.07, 6.45) is 0. The van der Waals surface area contributed by atoms with Crippen LogP contribution in [0.3, 0.4) is 0 Å². The van der Waals surface area contributed by atoms with Crippen molar-refractivity contribution in [1.82, 2.24) is 24.1 Å². The minimum absolute atomic E-state index is 0. The van der Waals surface area contributed by atoms with Gasteiger partial charge in [0.05, 0.1) is 45.0 Å². The Balaban J connectivity index is 0.00000658. The Bertz CT molecular complexity index is 4810. The summed E-state index contributed by atoms with van der Waals surface area (Å²) in [5.74, 6) is 3.18. The standard InChI is InChI=1S/C75H63N5O3.Pt/c1-42(2)55-36-51(48-22-13-11-14-23-48)37-56(43(3)4)70(55)79-64-30-19-17-28-62(64)77-74(79)50-26-21-27-53(35-50)81-54-40-60-69-67(33-32-66-68(69)59-34-46(9)76-47(10)72(59)82-66)83-73(60)61(41-54)75-78-63-29-18-20-31-65(63)80(75)71-57(44(5)6)38-52(39-58(71)45(7)8)49-24-15-12-16-25-49;/h11-34,36-40,42-45H,1-10H3;/q-2;+2. The van der Waals surface area contributed by atoms with E-state index < -0.39 is 0 Å². The summed E-state index contributed by atoms with van der Waals surface area (Å²) < 4.78 is 25.7. The molecule has 0 bridgehead atoms. The molecule has 0 unspecified atom stereocenters. The van der Waals surface area contributed by atoms with Crippen molar-refractivity contribution in [3.63, 3.8) is 0 Å². The molecule has 416 valence electrons. The molecule has 0 aliphatic rings. The van der Waals surface area contributed by atoms with Crippen molar-refractivity contribution >= 4 is 65.9 Å². The van der Waals surface area contributed by atoms with Gasteiger partial charge in [0, 0.05) is 44.7 Å². The molecule has 14 rings (SSSR count). The van der Waals surface area contributed by atoms with Crippen molar-refractivity contribution in [3.8, 4) is 67.9 Å². The first-order valence-corrected chi connectivity index (χ1v) is 29.0. The predicted molar refractivity (Wildman–Crippen MR) is 340 cm³/mol. The molecule has 0 amide bonds. The zero-order valence-electron chi connectivity index (χ0n) is 48.8. The van der Waals surface area contributed by atoms with Crippen LogP contribution in [0.1, 0.15) is 113 Å². The van der Waals surface area contributed by atoms with Gasteiger partial charge in [-0.25, -0.2) is 0 Å². The van der Waals surface area contributed by atoms with Gasteiger partial charge in [-0.2, -0.15) is 0 Å². The van der Waals surface area contributed by atoms with Crippen LogP contribution in [-0.4, -0.2) is 24.1 Å². The zero-order chi connectivity index (χ0) is 56.9. The van der Waals surface area contributed by atoms with E-state index in [0.29, 0.717) is 34.1 Å². The molecule has 0 saturated carbocycles. The van der Waals surface area contributed by atoms with Gasteiger partial charge in [0.25, 0.3) is 0 Å². The number of fused-ring (bicyclic) bond motifs is 9. The summed E-state index contributed by atoms with van der Waals surface area (Å²) in [5.41, 5.74) is 21.7. The summed E-state index contributed by atoms with van der Waals surface area (Å²) in [7, 11) is 0. The van der Waals surface area contributed by atoms with E-state index in [0.717, 1.165) is 88.9 Å². The summed E-state index contributed by atoms with van der Waals surface area (Å²) in [5, 5.41) is 3.68. The predicted octanol–water partition coefficient (Wildman–Crippen LogP) is 20.7. The number of furan rings is 2. The summed E-state index contributed by atoms with van der Waals surface area (Å²) in [6.45, 7) is 22.3. The number of hydrogen-bond donors (Lipinski definition) is 0. The van der Waals surface area contributed by atoms with Crippen LogP contribution in [0.25, 0.3) is 122 Å². The maximum absolute atomic E-state index is 7.20. The molecule has 0 saturated heterocycles. The summed E-state index contributed by atoms with van der Waals surface area (Å²) >= 11 is 0. The molecule has 0 radical (unpaired) electrons. The number of rotatable bonds is 12. The van der Waals surface area contributed by atoms with Crippen LogP contribution in [0.5, 0.6) is 11.5 Å². The first-order chi connectivity index (χ1) is 40.3. The van der Waals surface area contributed by atoms with Gasteiger partial charge in [0.2, 0.25) is 0 Å². The van der Waals surface area contributed by atoms with Crippen molar-refractivity contribution in [1.29, 1.82) is 0 Å². The van der Waals surface area contributed by atoms with Crippen LogP contribution < -0.4 is 4.74 Å².